The van der Waals surface area contributed by atoms with Gasteiger partial charge in [-0.1, -0.05) is 29.8 Å². The van der Waals surface area contributed by atoms with Gasteiger partial charge in [-0.05, 0) is 23.8 Å². The smallest absolute Gasteiger partial charge is 0.145 e. The van der Waals surface area contributed by atoms with Crippen molar-refractivity contribution in [3.05, 3.63) is 58.9 Å². The van der Waals surface area contributed by atoms with Crippen molar-refractivity contribution in [1.29, 1.82) is 0 Å². The van der Waals surface area contributed by atoms with Crippen LogP contribution in [0.3, 0.4) is 0 Å². The Hall–Kier alpha value is -1.19. The number of ether oxygens (including phenoxy) is 1. The molecule has 1 aliphatic rings. The molecule has 1 aliphatic heterocycles. The van der Waals surface area contributed by atoms with Gasteiger partial charge in [0.2, 0.25) is 0 Å². The van der Waals surface area contributed by atoms with Crippen LogP contribution in [-0.4, -0.2) is 12.4 Å². The van der Waals surface area contributed by atoms with E-state index in [4.69, 9.17) is 16.3 Å². The molecule has 0 aliphatic carbocycles. The van der Waals surface area contributed by atoms with Gasteiger partial charge in [-0.25, -0.2) is 4.39 Å². The second-order valence-corrected chi connectivity index (χ2v) is 5.90. The first-order valence-electron chi connectivity index (χ1n) is 6.03. The molecule has 1 unspecified atom stereocenters. The highest BCUT2D eigenvalue weighted by Crippen LogP contribution is 2.39. The van der Waals surface area contributed by atoms with Crippen molar-refractivity contribution in [2.45, 2.75) is 10.8 Å². The van der Waals surface area contributed by atoms with Gasteiger partial charge in [0.05, 0.1) is 11.6 Å². The van der Waals surface area contributed by atoms with Crippen LogP contribution >= 0.6 is 23.4 Å². The fourth-order valence-corrected chi connectivity index (χ4v) is 3.48. The summed E-state index contributed by atoms with van der Waals surface area (Å²) in [7, 11) is 0. The average Bonchev–Trinajstić information content (AvgIpc) is 2.83. The summed E-state index contributed by atoms with van der Waals surface area (Å²) in [4.78, 5) is 1.32. The number of hydrogen-bond acceptors (Lipinski definition) is 2. The Balaban J connectivity index is 1.69. The standard InChI is InChI=1S/C15H12ClFOS/c16-13-6-5-11(7-14(13)17)18-8-10-9-19-15-4-2-1-3-12(10)15/h1-7,10H,8-9H2. The van der Waals surface area contributed by atoms with Gasteiger partial charge in [-0.2, -0.15) is 0 Å². The molecule has 0 N–H and O–H groups in total. The zero-order chi connectivity index (χ0) is 13.2. The molecule has 1 nitrogen and oxygen atoms in total. The molecule has 0 radical (unpaired) electrons. The molecule has 4 heteroatoms. The maximum Gasteiger partial charge on any atom is 0.145 e. The topological polar surface area (TPSA) is 9.23 Å². The minimum absolute atomic E-state index is 0.120. The molecule has 0 saturated heterocycles. The molecule has 0 spiro atoms. The van der Waals surface area contributed by atoms with Gasteiger partial charge >= 0.3 is 0 Å². The van der Waals surface area contributed by atoms with Crippen LogP contribution in [-0.2, 0) is 0 Å². The maximum atomic E-state index is 13.3. The first kappa shape index (κ1) is 12.8. The molecule has 0 bridgehead atoms. The molecule has 1 atom stereocenters. The normalized spacial score (nSPS) is 17.3. The highest BCUT2D eigenvalue weighted by atomic mass is 35.5. The van der Waals surface area contributed by atoms with Crippen molar-refractivity contribution < 1.29 is 9.13 Å². The third-order valence-electron chi connectivity index (χ3n) is 3.14. The van der Waals surface area contributed by atoms with Gasteiger partial charge in [0, 0.05) is 22.6 Å². The van der Waals surface area contributed by atoms with Crippen molar-refractivity contribution in [2.24, 2.45) is 0 Å². The van der Waals surface area contributed by atoms with E-state index in [1.54, 1.807) is 6.07 Å². The van der Waals surface area contributed by atoms with Gasteiger partial charge in [0.15, 0.2) is 0 Å². The number of thioether (sulfide) groups is 1. The van der Waals surface area contributed by atoms with E-state index < -0.39 is 5.82 Å². The summed E-state index contributed by atoms with van der Waals surface area (Å²) in [6, 6.07) is 12.9. The molecule has 0 fully saturated rings. The summed E-state index contributed by atoms with van der Waals surface area (Å²) in [5, 5.41) is 0.120. The van der Waals surface area contributed by atoms with Gasteiger partial charge in [0.25, 0.3) is 0 Å². The zero-order valence-corrected chi connectivity index (χ0v) is 11.7. The van der Waals surface area contributed by atoms with Gasteiger partial charge < -0.3 is 4.74 Å². The Bertz CT molecular complexity index is 602. The summed E-state index contributed by atoms with van der Waals surface area (Å²) in [6.07, 6.45) is 0. The summed E-state index contributed by atoms with van der Waals surface area (Å²) >= 11 is 7.48. The van der Waals surface area contributed by atoms with Crippen LogP contribution in [0.5, 0.6) is 5.75 Å². The number of halogens is 2. The molecule has 0 aromatic heterocycles. The first-order valence-corrected chi connectivity index (χ1v) is 7.40. The van der Waals surface area contributed by atoms with E-state index in [1.165, 1.54) is 22.6 Å². The number of hydrogen-bond donors (Lipinski definition) is 0. The van der Waals surface area contributed by atoms with E-state index in [0.717, 1.165) is 5.75 Å². The lowest BCUT2D eigenvalue weighted by molar-refractivity contribution is 0.296. The van der Waals surface area contributed by atoms with Gasteiger partial charge in [-0.15, -0.1) is 11.8 Å². The van der Waals surface area contributed by atoms with Crippen LogP contribution < -0.4 is 4.74 Å². The van der Waals surface area contributed by atoms with Crippen molar-refractivity contribution >= 4 is 23.4 Å². The fourth-order valence-electron chi connectivity index (χ4n) is 2.13. The Morgan fingerprint density at radius 3 is 2.95 bits per heavy atom. The van der Waals surface area contributed by atoms with E-state index >= 15 is 0 Å². The largest absolute Gasteiger partial charge is 0.493 e. The molecule has 19 heavy (non-hydrogen) atoms. The van der Waals surface area contributed by atoms with E-state index in [-0.39, 0.29) is 5.02 Å². The number of benzene rings is 2. The van der Waals surface area contributed by atoms with Gasteiger partial charge in [-0.3, -0.25) is 0 Å². The van der Waals surface area contributed by atoms with Crippen molar-refractivity contribution in [2.75, 3.05) is 12.4 Å². The highest BCUT2D eigenvalue weighted by molar-refractivity contribution is 7.99. The number of fused-ring (bicyclic) bond motifs is 1. The molecule has 3 rings (SSSR count). The Kier molecular flexibility index (Phi) is 3.67. The quantitative estimate of drug-likeness (QED) is 0.808. The SMILES string of the molecule is Fc1cc(OCC2CSc3ccccc32)ccc1Cl. The van der Waals surface area contributed by atoms with E-state index in [0.29, 0.717) is 18.3 Å². The third-order valence-corrected chi connectivity index (χ3v) is 4.70. The predicted molar refractivity (Wildman–Crippen MR) is 76.8 cm³/mol. The zero-order valence-electron chi connectivity index (χ0n) is 10.1. The van der Waals surface area contributed by atoms with Crippen LogP contribution in [0.1, 0.15) is 11.5 Å². The summed E-state index contributed by atoms with van der Waals surface area (Å²) < 4.78 is 19.0. The van der Waals surface area contributed by atoms with Crippen LogP contribution in [0.15, 0.2) is 47.4 Å². The minimum Gasteiger partial charge on any atom is -0.493 e. The lowest BCUT2D eigenvalue weighted by atomic mass is 10.0. The van der Waals surface area contributed by atoms with E-state index in [1.807, 2.05) is 23.9 Å². The van der Waals surface area contributed by atoms with Crippen molar-refractivity contribution in [3.63, 3.8) is 0 Å². The van der Waals surface area contributed by atoms with Crippen LogP contribution in [0, 0.1) is 5.82 Å². The Morgan fingerprint density at radius 1 is 1.26 bits per heavy atom. The molecular weight excluding hydrogens is 283 g/mol. The summed E-state index contributed by atoms with van der Waals surface area (Å²) in [6.45, 7) is 0.561. The molecular formula is C15H12ClFOS. The van der Waals surface area contributed by atoms with E-state index in [9.17, 15) is 4.39 Å². The first-order chi connectivity index (χ1) is 9.24. The minimum atomic E-state index is -0.444. The molecule has 98 valence electrons. The maximum absolute atomic E-state index is 13.3. The molecule has 1 heterocycles. The molecule has 2 aromatic rings. The lowest BCUT2D eigenvalue weighted by Crippen LogP contribution is -2.09. The summed E-state index contributed by atoms with van der Waals surface area (Å²) in [5.74, 6) is 1.45. The third kappa shape index (κ3) is 2.72. The van der Waals surface area contributed by atoms with E-state index in [2.05, 4.69) is 12.1 Å². The van der Waals surface area contributed by atoms with Crippen LogP contribution in [0.25, 0.3) is 0 Å². The van der Waals surface area contributed by atoms with Crippen LogP contribution in [0.4, 0.5) is 4.39 Å². The highest BCUT2D eigenvalue weighted by Gasteiger charge is 2.23. The second kappa shape index (κ2) is 5.43. The average molecular weight is 295 g/mol. The molecule has 0 amide bonds. The molecule has 0 saturated carbocycles. The van der Waals surface area contributed by atoms with Crippen molar-refractivity contribution in [3.8, 4) is 5.75 Å². The van der Waals surface area contributed by atoms with Gasteiger partial charge in [0.1, 0.15) is 11.6 Å². The lowest BCUT2D eigenvalue weighted by Gasteiger charge is -2.12. The number of rotatable bonds is 3. The summed E-state index contributed by atoms with van der Waals surface area (Å²) in [5.41, 5.74) is 1.32. The van der Waals surface area contributed by atoms with Crippen LogP contribution in [0.2, 0.25) is 5.02 Å². The Labute approximate surface area is 120 Å². The second-order valence-electron chi connectivity index (χ2n) is 4.43. The molecule has 2 aromatic carbocycles. The monoisotopic (exact) mass is 294 g/mol. The Morgan fingerprint density at radius 2 is 2.11 bits per heavy atom. The van der Waals surface area contributed by atoms with Crippen molar-refractivity contribution in [1.82, 2.24) is 0 Å². The fraction of sp³-hybridized carbons (Fsp3) is 0.200. The predicted octanol–water partition coefficient (Wildman–Crippen LogP) is 4.75.